The maximum Gasteiger partial charge on any atom is 0.272 e. The van der Waals surface area contributed by atoms with Crippen molar-refractivity contribution in [3.8, 4) is 0 Å². The zero-order chi connectivity index (χ0) is 21.8. The van der Waals surface area contributed by atoms with Crippen LogP contribution >= 0.6 is 0 Å². The van der Waals surface area contributed by atoms with Crippen LogP contribution in [0.2, 0.25) is 0 Å². The van der Waals surface area contributed by atoms with Crippen molar-refractivity contribution >= 4 is 11.8 Å². The van der Waals surface area contributed by atoms with Gasteiger partial charge in [0.15, 0.2) is 5.82 Å². The van der Waals surface area contributed by atoms with Gasteiger partial charge in [0.05, 0.1) is 5.69 Å². The first-order valence-electron chi connectivity index (χ1n) is 10.6. The highest BCUT2D eigenvalue weighted by Crippen LogP contribution is 2.19. The zero-order valence-electron chi connectivity index (χ0n) is 18.6. The predicted octanol–water partition coefficient (Wildman–Crippen LogP) is 2.01. The Morgan fingerprint density at radius 2 is 2.13 bits per heavy atom. The first-order valence-corrected chi connectivity index (χ1v) is 10.6. The Morgan fingerprint density at radius 3 is 2.77 bits per heavy atom. The Balaban J connectivity index is 1.64. The summed E-state index contributed by atoms with van der Waals surface area (Å²) in [6.07, 6.45) is 3.01. The van der Waals surface area contributed by atoms with Crippen LogP contribution in [0, 0.1) is 12.8 Å². The zero-order valence-corrected chi connectivity index (χ0v) is 18.6. The fourth-order valence-corrected chi connectivity index (χ4v) is 4.01. The van der Waals surface area contributed by atoms with Gasteiger partial charge in [-0.3, -0.25) is 14.3 Å². The van der Waals surface area contributed by atoms with Crippen LogP contribution in [0.4, 0.5) is 0 Å². The molecule has 9 heteroatoms. The van der Waals surface area contributed by atoms with Crippen LogP contribution in [0.3, 0.4) is 0 Å². The van der Waals surface area contributed by atoms with Crippen LogP contribution < -0.4 is 0 Å². The summed E-state index contributed by atoms with van der Waals surface area (Å²) in [5, 5.41) is 8.32. The van der Waals surface area contributed by atoms with Crippen molar-refractivity contribution in [3.05, 3.63) is 29.2 Å². The van der Waals surface area contributed by atoms with Gasteiger partial charge in [-0.2, -0.15) is 10.1 Å². The lowest BCUT2D eigenvalue weighted by Gasteiger charge is -2.39. The van der Waals surface area contributed by atoms with Gasteiger partial charge in [0, 0.05) is 52.5 Å². The van der Waals surface area contributed by atoms with Gasteiger partial charge in [0.2, 0.25) is 11.8 Å². The lowest BCUT2D eigenvalue weighted by molar-refractivity contribution is -0.132. The number of hydrogen-bond donors (Lipinski definition) is 0. The smallest absolute Gasteiger partial charge is 0.272 e. The minimum absolute atomic E-state index is 0.00317. The van der Waals surface area contributed by atoms with Gasteiger partial charge in [-0.25, -0.2) is 0 Å². The molecule has 0 saturated carbocycles. The van der Waals surface area contributed by atoms with Crippen LogP contribution in [0.25, 0.3) is 0 Å². The normalized spacial score (nSPS) is 16.9. The van der Waals surface area contributed by atoms with E-state index in [0.29, 0.717) is 49.4 Å². The fourth-order valence-electron chi connectivity index (χ4n) is 4.01. The van der Waals surface area contributed by atoms with E-state index in [0.717, 1.165) is 25.0 Å². The van der Waals surface area contributed by atoms with E-state index in [9.17, 15) is 9.59 Å². The van der Waals surface area contributed by atoms with E-state index in [1.807, 2.05) is 16.7 Å². The second-order valence-corrected chi connectivity index (χ2v) is 8.51. The molecule has 1 fully saturated rings. The molecule has 30 heavy (non-hydrogen) atoms. The molecule has 164 valence electrons. The molecular weight excluding hydrogens is 384 g/mol. The SMILES string of the molecule is CC(=O)N(CCc1noc(CC(C)C)n1)C1CCCN(C(=O)c2cc(C)nn2C)C1. The molecule has 1 unspecified atom stereocenters. The summed E-state index contributed by atoms with van der Waals surface area (Å²) in [5.74, 6) is 1.65. The van der Waals surface area contributed by atoms with E-state index in [2.05, 4.69) is 29.1 Å². The van der Waals surface area contributed by atoms with Gasteiger partial charge in [-0.15, -0.1) is 0 Å². The second kappa shape index (κ2) is 9.40. The highest BCUT2D eigenvalue weighted by molar-refractivity contribution is 5.92. The molecule has 0 bridgehead atoms. The van der Waals surface area contributed by atoms with Gasteiger partial charge >= 0.3 is 0 Å². The number of nitrogens with zero attached hydrogens (tertiary/aromatic N) is 6. The van der Waals surface area contributed by atoms with E-state index in [-0.39, 0.29) is 17.9 Å². The lowest BCUT2D eigenvalue weighted by Crippen LogP contribution is -2.52. The van der Waals surface area contributed by atoms with Crippen molar-refractivity contribution in [2.24, 2.45) is 13.0 Å². The molecule has 0 aromatic carbocycles. The predicted molar refractivity (Wildman–Crippen MR) is 111 cm³/mol. The summed E-state index contributed by atoms with van der Waals surface area (Å²) in [6, 6.07) is 1.79. The Labute approximate surface area is 177 Å². The summed E-state index contributed by atoms with van der Waals surface area (Å²) in [4.78, 5) is 33.4. The summed E-state index contributed by atoms with van der Waals surface area (Å²) in [7, 11) is 1.78. The summed E-state index contributed by atoms with van der Waals surface area (Å²) in [6.45, 7) is 9.37. The highest BCUT2D eigenvalue weighted by atomic mass is 16.5. The van der Waals surface area contributed by atoms with Crippen molar-refractivity contribution in [2.45, 2.75) is 59.4 Å². The van der Waals surface area contributed by atoms with Gasteiger partial charge < -0.3 is 14.3 Å². The molecule has 9 nitrogen and oxygen atoms in total. The van der Waals surface area contributed by atoms with E-state index in [4.69, 9.17) is 4.52 Å². The number of carbonyl (C=O) groups is 2. The van der Waals surface area contributed by atoms with Crippen LogP contribution in [-0.2, 0) is 24.7 Å². The van der Waals surface area contributed by atoms with Crippen LogP contribution in [0.5, 0.6) is 0 Å². The van der Waals surface area contributed by atoms with Crippen LogP contribution in [-0.4, -0.2) is 67.2 Å². The minimum Gasteiger partial charge on any atom is -0.339 e. The van der Waals surface area contributed by atoms with Crippen molar-refractivity contribution in [1.82, 2.24) is 29.7 Å². The Kier molecular flexibility index (Phi) is 6.89. The lowest BCUT2D eigenvalue weighted by atomic mass is 10.0. The molecule has 0 N–H and O–H groups in total. The standard InChI is InChI=1S/C21H32N6O3/c1-14(2)11-20-22-19(24-30-20)8-10-27(16(4)28)17-7-6-9-26(13-17)21(29)18-12-15(3)23-25(18)5/h12,14,17H,6-11,13H2,1-5H3. The molecule has 1 aliphatic rings. The third-order valence-electron chi connectivity index (χ3n) is 5.42. The van der Waals surface area contributed by atoms with Crippen molar-refractivity contribution in [3.63, 3.8) is 0 Å². The monoisotopic (exact) mass is 416 g/mol. The van der Waals surface area contributed by atoms with Crippen molar-refractivity contribution < 1.29 is 14.1 Å². The van der Waals surface area contributed by atoms with Crippen molar-refractivity contribution in [1.29, 1.82) is 0 Å². The number of aromatic nitrogens is 4. The molecule has 0 aliphatic carbocycles. The molecule has 1 aliphatic heterocycles. The third kappa shape index (κ3) is 5.25. The number of amides is 2. The van der Waals surface area contributed by atoms with Gasteiger partial charge in [-0.1, -0.05) is 19.0 Å². The maximum absolute atomic E-state index is 13.0. The van der Waals surface area contributed by atoms with E-state index >= 15 is 0 Å². The van der Waals surface area contributed by atoms with E-state index in [1.54, 1.807) is 24.7 Å². The fraction of sp³-hybridized carbons (Fsp3) is 0.667. The Bertz CT molecular complexity index is 887. The number of piperidine rings is 1. The number of carbonyl (C=O) groups excluding carboxylic acids is 2. The van der Waals surface area contributed by atoms with Gasteiger partial charge in [0.25, 0.3) is 5.91 Å². The number of aryl methyl sites for hydroxylation is 2. The average molecular weight is 417 g/mol. The van der Waals surface area contributed by atoms with Crippen LogP contribution in [0.15, 0.2) is 10.6 Å². The maximum atomic E-state index is 13.0. The molecular formula is C21H32N6O3. The third-order valence-corrected chi connectivity index (χ3v) is 5.42. The number of likely N-dealkylation sites (tertiary alicyclic amines) is 1. The molecule has 0 radical (unpaired) electrons. The topological polar surface area (TPSA) is 97.4 Å². The summed E-state index contributed by atoms with van der Waals surface area (Å²) < 4.78 is 6.92. The molecule has 3 heterocycles. The van der Waals surface area contributed by atoms with Crippen molar-refractivity contribution in [2.75, 3.05) is 19.6 Å². The first kappa shape index (κ1) is 22.0. The van der Waals surface area contributed by atoms with E-state index in [1.165, 1.54) is 0 Å². The highest BCUT2D eigenvalue weighted by Gasteiger charge is 2.31. The quantitative estimate of drug-likeness (QED) is 0.685. The van der Waals surface area contributed by atoms with Gasteiger partial charge in [-0.05, 0) is 31.7 Å². The molecule has 1 atom stereocenters. The van der Waals surface area contributed by atoms with Crippen LogP contribution in [0.1, 0.15) is 61.5 Å². The molecule has 2 aromatic rings. The Hall–Kier alpha value is -2.71. The molecule has 2 amide bonds. The minimum atomic E-state index is -0.0391. The summed E-state index contributed by atoms with van der Waals surface area (Å²) in [5.41, 5.74) is 1.39. The number of rotatable bonds is 7. The molecule has 2 aromatic heterocycles. The largest absolute Gasteiger partial charge is 0.339 e. The second-order valence-electron chi connectivity index (χ2n) is 8.51. The first-order chi connectivity index (χ1) is 14.2. The molecule has 3 rings (SSSR count). The molecule has 0 spiro atoms. The average Bonchev–Trinajstić information content (AvgIpc) is 3.26. The number of hydrogen-bond acceptors (Lipinski definition) is 6. The van der Waals surface area contributed by atoms with Gasteiger partial charge in [0.1, 0.15) is 5.69 Å². The summed E-state index contributed by atoms with van der Waals surface area (Å²) >= 11 is 0. The van der Waals surface area contributed by atoms with E-state index < -0.39 is 0 Å². The molecule has 1 saturated heterocycles. The Morgan fingerprint density at radius 1 is 1.37 bits per heavy atom.